The molecule has 1 aliphatic rings. The number of hydrogen-bond donors (Lipinski definition) is 0. The Kier molecular flexibility index (Phi) is 5.56. The van der Waals surface area contributed by atoms with Crippen molar-refractivity contribution in [2.45, 2.75) is 38.8 Å². The zero-order chi connectivity index (χ0) is 16.9. The maximum absolute atomic E-state index is 12.6. The number of carbonyl (C=O) groups is 1. The van der Waals surface area contributed by atoms with Gasteiger partial charge < -0.3 is 9.64 Å². The van der Waals surface area contributed by atoms with Gasteiger partial charge in [-0.15, -0.1) is 0 Å². The molecule has 3 nitrogen and oxygen atoms in total. The molecule has 1 amide bonds. The molecular formula is C20H22BrNO2. The molecule has 0 aromatic heterocycles. The quantitative estimate of drug-likeness (QED) is 0.734. The largest absolute Gasteiger partial charge is 0.488 e. The standard InChI is InChI=1S/C20H22BrNO2/c1-15-6-4-5-13-22(15)20(23)17-11-9-16(10-12-17)14-24-19-8-3-2-7-18(19)21/h2-3,7-12,15H,4-6,13-14H2,1H3. The molecule has 2 aromatic rings. The molecule has 126 valence electrons. The van der Waals surface area contributed by atoms with E-state index in [9.17, 15) is 4.79 Å². The van der Waals surface area contributed by atoms with Crippen LogP contribution in [-0.2, 0) is 6.61 Å². The highest BCUT2D eigenvalue weighted by Gasteiger charge is 2.23. The van der Waals surface area contributed by atoms with Crippen LogP contribution in [0.4, 0.5) is 0 Å². The summed E-state index contributed by atoms with van der Waals surface area (Å²) in [5.41, 5.74) is 1.81. The number of likely N-dealkylation sites (tertiary alicyclic amines) is 1. The van der Waals surface area contributed by atoms with Crippen LogP contribution in [-0.4, -0.2) is 23.4 Å². The van der Waals surface area contributed by atoms with Crippen molar-refractivity contribution in [1.29, 1.82) is 0 Å². The minimum absolute atomic E-state index is 0.139. The van der Waals surface area contributed by atoms with Crippen molar-refractivity contribution in [3.63, 3.8) is 0 Å². The summed E-state index contributed by atoms with van der Waals surface area (Å²) in [5, 5.41) is 0. The third kappa shape index (κ3) is 3.99. The van der Waals surface area contributed by atoms with E-state index >= 15 is 0 Å². The number of carbonyl (C=O) groups excluding carboxylic acids is 1. The lowest BCUT2D eigenvalue weighted by Gasteiger charge is -2.33. The van der Waals surface area contributed by atoms with Gasteiger partial charge in [-0.3, -0.25) is 4.79 Å². The first-order valence-electron chi connectivity index (χ1n) is 8.42. The molecule has 24 heavy (non-hydrogen) atoms. The predicted octanol–water partition coefficient (Wildman–Crippen LogP) is 5.04. The molecule has 0 aliphatic carbocycles. The molecule has 1 fully saturated rings. The van der Waals surface area contributed by atoms with Gasteiger partial charge in [0.05, 0.1) is 4.47 Å². The lowest BCUT2D eigenvalue weighted by atomic mass is 10.0. The zero-order valence-corrected chi connectivity index (χ0v) is 15.5. The Morgan fingerprint density at radius 2 is 1.92 bits per heavy atom. The van der Waals surface area contributed by atoms with E-state index in [-0.39, 0.29) is 5.91 Å². The van der Waals surface area contributed by atoms with Gasteiger partial charge in [-0.25, -0.2) is 0 Å². The van der Waals surface area contributed by atoms with Gasteiger partial charge in [-0.05, 0) is 71.9 Å². The van der Waals surface area contributed by atoms with Crippen LogP contribution in [0.1, 0.15) is 42.1 Å². The summed E-state index contributed by atoms with van der Waals surface area (Å²) in [7, 11) is 0. The monoisotopic (exact) mass is 387 g/mol. The molecular weight excluding hydrogens is 366 g/mol. The summed E-state index contributed by atoms with van der Waals surface area (Å²) in [5.74, 6) is 0.959. The molecule has 1 heterocycles. The van der Waals surface area contributed by atoms with Crippen molar-refractivity contribution in [2.75, 3.05) is 6.54 Å². The van der Waals surface area contributed by atoms with Gasteiger partial charge in [-0.2, -0.15) is 0 Å². The van der Waals surface area contributed by atoms with Gasteiger partial charge >= 0.3 is 0 Å². The van der Waals surface area contributed by atoms with E-state index < -0.39 is 0 Å². The number of para-hydroxylation sites is 1. The van der Waals surface area contributed by atoms with E-state index in [0.717, 1.165) is 40.7 Å². The van der Waals surface area contributed by atoms with E-state index in [2.05, 4.69) is 22.9 Å². The number of benzene rings is 2. The Hall–Kier alpha value is -1.81. The Morgan fingerprint density at radius 1 is 1.17 bits per heavy atom. The zero-order valence-electron chi connectivity index (χ0n) is 13.9. The van der Waals surface area contributed by atoms with Crippen LogP contribution in [0, 0.1) is 0 Å². The molecule has 0 saturated carbocycles. The van der Waals surface area contributed by atoms with Crippen LogP contribution >= 0.6 is 15.9 Å². The van der Waals surface area contributed by atoms with Crippen molar-refractivity contribution in [2.24, 2.45) is 0 Å². The topological polar surface area (TPSA) is 29.5 Å². The maximum Gasteiger partial charge on any atom is 0.254 e. The maximum atomic E-state index is 12.6. The lowest BCUT2D eigenvalue weighted by molar-refractivity contribution is 0.0635. The van der Waals surface area contributed by atoms with Gasteiger partial charge in [0.25, 0.3) is 5.91 Å². The summed E-state index contributed by atoms with van der Waals surface area (Å²) in [6.07, 6.45) is 3.42. The van der Waals surface area contributed by atoms with Crippen molar-refractivity contribution >= 4 is 21.8 Å². The highest BCUT2D eigenvalue weighted by atomic mass is 79.9. The summed E-state index contributed by atoms with van der Waals surface area (Å²) < 4.78 is 6.75. The Morgan fingerprint density at radius 3 is 2.62 bits per heavy atom. The third-order valence-electron chi connectivity index (χ3n) is 4.50. The molecule has 0 radical (unpaired) electrons. The first-order valence-corrected chi connectivity index (χ1v) is 9.21. The summed E-state index contributed by atoms with van der Waals surface area (Å²) in [6.45, 7) is 3.49. The smallest absolute Gasteiger partial charge is 0.254 e. The fraction of sp³-hybridized carbons (Fsp3) is 0.350. The predicted molar refractivity (Wildman–Crippen MR) is 99.3 cm³/mol. The number of hydrogen-bond acceptors (Lipinski definition) is 2. The molecule has 2 aromatic carbocycles. The third-order valence-corrected chi connectivity index (χ3v) is 5.15. The lowest BCUT2D eigenvalue weighted by Crippen LogP contribution is -2.42. The number of ether oxygens (including phenoxy) is 1. The fourth-order valence-electron chi connectivity index (χ4n) is 3.03. The molecule has 1 saturated heterocycles. The average molecular weight is 388 g/mol. The van der Waals surface area contributed by atoms with Crippen molar-refractivity contribution < 1.29 is 9.53 Å². The van der Waals surface area contributed by atoms with Crippen LogP contribution in [0.5, 0.6) is 5.75 Å². The minimum Gasteiger partial charge on any atom is -0.488 e. The van der Waals surface area contributed by atoms with E-state index in [4.69, 9.17) is 4.74 Å². The number of halogens is 1. The van der Waals surface area contributed by atoms with Crippen molar-refractivity contribution in [1.82, 2.24) is 4.90 Å². The highest BCUT2D eigenvalue weighted by Crippen LogP contribution is 2.25. The Bertz CT molecular complexity index is 699. The van der Waals surface area contributed by atoms with E-state index in [1.807, 2.05) is 53.4 Å². The van der Waals surface area contributed by atoms with Gasteiger partial charge in [0, 0.05) is 18.2 Å². The highest BCUT2D eigenvalue weighted by molar-refractivity contribution is 9.10. The Balaban J connectivity index is 1.63. The molecule has 4 heteroatoms. The van der Waals surface area contributed by atoms with Gasteiger partial charge in [0.15, 0.2) is 0 Å². The van der Waals surface area contributed by atoms with Crippen molar-refractivity contribution in [3.8, 4) is 5.75 Å². The molecule has 0 N–H and O–H groups in total. The minimum atomic E-state index is 0.139. The first-order chi connectivity index (χ1) is 11.6. The normalized spacial score (nSPS) is 17.6. The summed E-state index contributed by atoms with van der Waals surface area (Å²) in [4.78, 5) is 14.6. The summed E-state index contributed by atoms with van der Waals surface area (Å²) >= 11 is 3.47. The van der Waals surface area contributed by atoms with E-state index in [0.29, 0.717) is 12.6 Å². The second-order valence-corrected chi connectivity index (χ2v) is 7.11. The second-order valence-electron chi connectivity index (χ2n) is 6.26. The van der Waals surface area contributed by atoms with Gasteiger partial charge in [-0.1, -0.05) is 24.3 Å². The molecule has 0 bridgehead atoms. The van der Waals surface area contributed by atoms with Crippen molar-refractivity contribution in [3.05, 3.63) is 64.1 Å². The van der Waals surface area contributed by atoms with Gasteiger partial charge in [0.1, 0.15) is 12.4 Å². The van der Waals surface area contributed by atoms with Crippen LogP contribution < -0.4 is 4.74 Å². The molecule has 0 spiro atoms. The molecule has 1 unspecified atom stereocenters. The number of nitrogens with zero attached hydrogens (tertiary/aromatic N) is 1. The fourth-order valence-corrected chi connectivity index (χ4v) is 3.43. The Labute approximate surface area is 151 Å². The number of rotatable bonds is 4. The number of piperidine rings is 1. The van der Waals surface area contributed by atoms with E-state index in [1.54, 1.807) is 0 Å². The molecule has 1 aliphatic heterocycles. The van der Waals surface area contributed by atoms with Crippen LogP contribution in [0.15, 0.2) is 53.0 Å². The average Bonchev–Trinajstić information content (AvgIpc) is 2.61. The first kappa shape index (κ1) is 17.0. The summed E-state index contributed by atoms with van der Waals surface area (Å²) in [6, 6.07) is 15.9. The second kappa shape index (κ2) is 7.84. The molecule has 3 rings (SSSR count). The number of amides is 1. The van der Waals surface area contributed by atoms with Crippen LogP contribution in [0.2, 0.25) is 0 Å². The van der Waals surface area contributed by atoms with E-state index in [1.165, 1.54) is 6.42 Å². The van der Waals surface area contributed by atoms with Crippen LogP contribution in [0.3, 0.4) is 0 Å². The van der Waals surface area contributed by atoms with Gasteiger partial charge in [0.2, 0.25) is 0 Å². The SMILES string of the molecule is CC1CCCCN1C(=O)c1ccc(COc2ccccc2Br)cc1. The molecule has 1 atom stereocenters. The van der Waals surface area contributed by atoms with Crippen LogP contribution in [0.25, 0.3) is 0 Å².